The maximum atomic E-state index is 12.4. The molecule has 0 spiro atoms. The Kier molecular flexibility index (Phi) is 3.78. The Morgan fingerprint density at radius 3 is 2.37 bits per heavy atom. The van der Waals surface area contributed by atoms with E-state index < -0.39 is 10.0 Å². The number of aromatic nitrogens is 2. The highest BCUT2D eigenvalue weighted by atomic mass is 32.2. The van der Waals surface area contributed by atoms with Crippen molar-refractivity contribution in [2.75, 3.05) is 13.1 Å². The summed E-state index contributed by atoms with van der Waals surface area (Å²) in [5, 5.41) is 0.0915. The van der Waals surface area contributed by atoms with Crippen molar-refractivity contribution < 1.29 is 13.2 Å². The number of nitrogens with zero attached hydrogens (tertiary/aromatic N) is 3. The van der Waals surface area contributed by atoms with E-state index in [1.54, 1.807) is 25.5 Å². The van der Waals surface area contributed by atoms with Gasteiger partial charge in [-0.3, -0.25) is 4.79 Å². The molecule has 1 aliphatic heterocycles. The first-order chi connectivity index (χ1) is 8.82. The fourth-order valence-electron chi connectivity index (χ4n) is 2.29. The van der Waals surface area contributed by atoms with Gasteiger partial charge in [-0.2, -0.15) is 4.31 Å². The molecule has 19 heavy (non-hydrogen) atoms. The van der Waals surface area contributed by atoms with Gasteiger partial charge < -0.3 is 4.57 Å². The first kappa shape index (κ1) is 14.2. The Hall–Kier alpha value is -1.21. The lowest BCUT2D eigenvalue weighted by Crippen LogP contribution is -2.40. The minimum absolute atomic E-state index is 0.00285. The normalized spacial score (nSPS) is 18.7. The van der Waals surface area contributed by atoms with Gasteiger partial charge in [0.25, 0.3) is 10.0 Å². The van der Waals surface area contributed by atoms with E-state index in [1.807, 2.05) is 0 Å². The zero-order valence-electron chi connectivity index (χ0n) is 11.5. The third-order valence-corrected chi connectivity index (χ3v) is 5.49. The third kappa shape index (κ3) is 2.71. The predicted octanol–water partition coefficient (Wildman–Crippen LogP) is 0.718. The van der Waals surface area contributed by atoms with Crippen molar-refractivity contribution in [2.24, 2.45) is 13.0 Å². The molecule has 0 N–H and O–H groups in total. The summed E-state index contributed by atoms with van der Waals surface area (Å²) in [4.78, 5) is 15.4. The Morgan fingerprint density at radius 2 is 1.95 bits per heavy atom. The van der Waals surface area contributed by atoms with Gasteiger partial charge in [0.1, 0.15) is 11.6 Å². The van der Waals surface area contributed by atoms with Crippen LogP contribution in [-0.2, 0) is 21.9 Å². The topological polar surface area (TPSA) is 72.3 Å². The van der Waals surface area contributed by atoms with Gasteiger partial charge in [-0.1, -0.05) is 0 Å². The number of piperidine rings is 1. The molecule has 0 aliphatic carbocycles. The quantitative estimate of drug-likeness (QED) is 0.820. The van der Waals surface area contributed by atoms with Crippen LogP contribution >= 0.6 is 0 Å². The monoisotopic (exact) mass is 285 g/mol. The Morgan fingerprint density at radius 1 is 1.37 bits per heavy atom. The number of carbonyl (C=O) groups is 1. The summed E-state index contributed by atoms with van der Waals surface area (Å²) in [5.74, 6) is 0.805. The highest BCUT2D eigenvalue weighted by Gasteiger charge is 2.32. The molecule has 1 aliphatic rings. The molecule has 0 atom stereocenters. The maximum Gasteiger partial charge on any atom is 0.262 e. The molecule has 0 amide bonds. The summed E-state index contributed by atoms with van der Waals surface area (Å²) < 4.78 is 27.9. The van der Waals surface area contributed by atoms with Crippen LogP contribution in [0.25, 0.3) is 0 Å². The second-order valence-corrected chi connectivity index (χ2v) is 6.91. The summed E-state index contributed by atoms with van der Waals surface area (Å²) in [6.07, 6.45) is 2.72. The second kappa shape index (κ2) is 5.05. The minimum atomic E-state index is -3.52. The van der Waals surface area contributed by atoms with Crippen molar-refractivity contribution in [3.63, 3.8) is 0 Å². The number of carbonyl (C=O) groups excluding carboxylic acids is 1. The SMILES string of the molecule is CC(=O)C1CCN(S(=O)(=O)c2cn(C)c(C)n2)CC1. The molecule has 2 rings (SSSR count). The highest BCUT2D eigenvalue weighted by Crippen LogP contribution is 2.23. The summed E-state index contributed by atoms with van der Waals surface area (Å²) in [7, 11) is -1.76. The van der Waals surface area contributed by atoms with Gasteiger partial charge in [-0.05, 0) is 26.7 Å². The van der Waals surface area contributed by atoms with E-state index in [0.29, 0.717) is 31.8 Å². The highest BCUT2D eigenvalue weighted by molar-refractivity contribution is 7.89. The molecular weight excluding hydrogens is 266 g/mol. The number of rotatable bonds is 3. The van der Waals surface area contributed by atoms with Crippen LogP contribution in [0.2, 0.25) is 0 Å². The van der Waals surface area contributed by atoms with Crippen LogP contribution in [0.5, 0.6) is 0 Å². The molecule has 2 heterocycles. The molecule has 7 heteroatoms. The van der Waals surface area contributed by atoms with Crippen LogP contribution in [0.3, 0.4) is 0 Å². The van der Waals surface area contributed by atoms with Gasteiger partial charge in [-0.25, -0.2) is 13.4 Å². The Bertz CT molecular complexity index is 564. The molecule has 1 aromatic rings. The van der Waals surface area contributed by atoms with Gasteiger partial charge in [0.05, 0.1) is 0 Å². The van der Waals surface area contributed by atoms with Crippen molar-refractivity contribution in [1.82, 2.24) is 13.9 Å². The molecule has 1 saturated heterocycles. The standard InChI is InChI=1S/C12H19N3O3S/c1-9(16)11-4-6-15(7-5-11)19(17,18)12-8-14(3)10(2)13-12/h8,11H,4-7H2,1-3H3. The summed E-state index contributed by atoms with van der Waals surface area (Å²) >= 11 is 0. The Labute approximate surface area is 113 Å². The van der Waals surface area contributed by atoms with Gasteiger partial charge >= 0.3 is 0 Å². The van der Waals surface area contributed by atoms with Crippen LogP contribution in [0.15, 0.2) is 11.2 Å². The van der Waals surface area contributed by atoms with Crippen molar-refractivity contribution in [2.45, 2.75) is 31.7 Å². The molecule has 106 valence electrons. The van der Waals surface area contributed by atoms with E-state index in [4.69, 9.17) is 0 Å². The molecule has 0 saturated carbocycles. The van der Waals surface area contributed by atoms with Crippen LogP contribution in [0.1, 0.15) is 25.6 Å². The molecule has 0 radical (unpaired) electrons. The fraction of sp³-hybridized carbons (Fsp3) is 0.667. The van der Waals surface area contributed by atoms with Crippen LogP contribution in [0.4, 0.5) is 0 Å². The fourth-order valence-corrected chi connectivity index (χ4v) is 3.78. The average Bonchev–Trinajstić information content (AvgIpc) is 2.70. The lowest BCUT2D eigenvalue weighted by molar-refractivity contribution is -0.121. The molecular formula is C12H19N3O3S. The van der Waals surface area contributed by atoms with Crippen molar-refractivity contribution >= 4 is 15.8 Å². The number of hydrogen-bond donors (Lipinski definition) is 0. The maximum absolute atomic E-state index is 12.4. The average molecular weight is 285 g/mol. The largest absolute Gasteiger partial charge is 0.337 e. The molecule has 1 fully saturated rings. The lowest BCUT2D eigenvalue weighted by atomic mass is 9.95. The van der Waals surface area contributed by atoms with Gasteiger partial charge in [-0.15, -0.1) is 0 Å². The van der Waals surface area contributed by atoms with Crippen LogP contribution in [0, 0.1) is 12.8 Å². The van der Waals surface area contributed by atoms with E-state index in [1.165, 1.54) is 10.5 Å². The Balaban J connectivity index is 2.16. The van der Waals surface area contributed by atoms with Crippen LogP contribution < -0.4 is 0 Å². The number of aryl methyl sites for hydroxylation is 2. The molecule has 6 nitrogen and oxygen atoms in total. The zero-order chi connectivity index (χ0) is 14.2. The number of Topliss-reactive ketones (excluding diaryl/α,β-unsaturated/α-hetero) is 1. The summed E-state index contributed by atoms with van der Waals surface area (Å²) in [5.41, 5.74) is 0. The first-order valence-electron chi connectivity index (χ1n) is 6.33. The lowest BCUT2D eigenvalue weighted by Gasteiger charge is -2.29. The summed E-state index contributed by atoms with van der Waals surface area (Å²) in [6.45, 7) is 4.11. The van der Waals surface area contributed by atoms with Crippen molar-refractivity contribution in [1.29, 1.82) is 0 Å². The smallest absolute Gasteiger partial charge is 0.262 e. The molecule has 0 aromatic carbocycles. The van der Waals surface area contributed by atoms with E-state index in [-0.39, 0.29) is 16.7 Å². The van der Waals surface area contributed by atoms with E-state index in [0.717, 1.165) is 0 Å². The van der Waals surface area contributed by atoms with Gasteiger partial charge in [0.15, 0.2) is 5.03 Å². The third-order valence-electron chi connectivity index (χ3n) is 3.72. The van der Waals surface area contributed by atoms with Crippen molar-refractivity contribution in [3.8, 4) is 0 Å². The van der Waals surface area contributed by atoms with Crippen molar-refractivity contribution in [3.05, 3.63) is 12.0 Å². The zero-order valence-corrected chi connectivity index (χ0v) is 12.3. The predicted molar refractivity (Wildman–Crippen MR) is 70.1 cm³/mol. The van der Waals surface area contributed by atoms with Gasteiger partial charge in [0.2, 0.25) is 0 Å². The van der Waals surface area contributed by atoms with E-state index in [2.05, 4.69) is 4.98 Å². The number of hydrogen-bond acceptors (Lipinski definition) is 4. The number of sulfonamides is 1. The second-order valence-electron chi connectivity index (χ2n) is 5.03. The molecule has 1 aromatic heterocycles. The van der Waals surface area contributed by atoms with Crippen LogP contribution in [-0.4, -0.2) is 41.1 Å². The summed E-state index contributed by atoms with van der Waals surface area (Å²) in [6, 6.07) is 0. The van der Waals surface area contributed by atoms with E-state index >= 15 is 0 Å². The number of imidazole rings is 1. The van der Waals surface area contributed by atoms with E-state index in [9.17, 15) is 13.2 Å². The molecule has 0 bridgehead atoms. The van der Waals surface area contributed by atoms with Gasteiger partial charge in [0, 0.05) is 32.3 Å². The first-order valence-corrected chi connectivity index (χ1v) is 7.77. The molecule has 0 unspecified atom stereocenters. The number of ketones is 1. The minimum Gasteiger partial charge on any atom is -0.337 e.